The zero-order valence-corrected chi connectivity index (χ0v) is 8.74. The normalized spacial score (nSPS) is 29.5. The molecule has 0 aromatic rings. The molecule has 3 nitrogen and oxygen atoms in total. The van der Waals surface area contributed by atoms with Gasteiger partial charge in [0.1, 0.15) is 0 Å². The summed E-state index contributed by atoms with van der Waals surface area (Å²) in [5.41, 5.74) is 5.87. The Bertz CT molecular complexity index is 211. The van der Waals surface area contributed by atoms with E-state index in [0.717, 1.165) is 38.8 Å². The summed E-state index contributed by atoms with van der Waals surface area (Å²) in [6.45, 7) is 1.72. The van der Waals surface area contributed by atoms with E-state index >= 15 is 0 Å². The monoisotopic (exact) mass is 196 g/mol. The number of carbonyl (C=O) groups excluding carboxylic acids is 1. The fraction of sp³-hybridized carbons (Fsp3) is 0.909. The van der Waals surface area contributed by atoms with Crippen molar-refractivity contribution in [1.29, 1.82) is 0 Å². The molecule has 1 unspecified atom stereocenters. The van der Waals surface area contributed by atoms with Gasteiger partial charge >= 0.3 is 0 Å². The molecule has 1 atom stereocenters. The van der Waals surface area contributed by atoms with Crippen LogP contribution in [-0.2, 0) is 4.79 Å². The smallest absolute Gasteiger partial charge is 0.225 e. The number of nitrogens with zero attached hydrogens (tertiary/aromatic N) is 1. The van der Waals surface area contributed by atoms with Crippen LogP contribution in [0.3, 0.4) is 0 Å². The summed E-state index contributed by atoms with van der Waals surface area (Å²) in [5.74, 6) is 0.693. The van der Waals surface area contributed by atoms with Crippen LogP contribution in [-0.4, -0.2) is 29.9 Å². The van der Waals surface area contributed by atoms with Crippen molar-refractivity contribution in [2.75, 3.05) is 13.1 Å². The first kappa shape index (κ1) is 9.97. The number of rotatable bonds is 1. The maximum atomic E-state index is 12.0. The van der Waals surface area contributed by atoms with Crippen molar-refractivity contribution in [3.63, 3.8) is 0 Å². The zero-order chi connectivity index (χ0) is 9.97. The maximum absolute atomic E-state index is 12.0. The summed E-state index contributed by atoms with van der Waals surface area (Å²) in [6.07, 6.45) is 6.83. The Kier molecular flexibility index (Phi) is 3.06. The highest BCUT2D eigenvalue weighted by Crippen LogP contribution is 2.27. The van der Waals surface area contributed by atoms with Crippen molar-refractivity contribution < 1.29 is 4.79 Å². The molecule has 0 aromatic heterocycles. The minimum absolute atomic E-state index is 0.217. The summed E-state index contributed by atoms with van der Waals surface area (Å²) in [7, 11) is 0. The Hall–Kier alpha value is -0.570. The number of nitrogens with two attached hydrogens (primary N) is 1. The number of likely N-dealkylation sites (tertiary alicyclic amines) is 1. The van der Waals surface area contributed by atoms with Crippen LogP contribution in [0.25, 0.3) is 0 Å². The number of piperidine rings is 1. The van der Waals surface area contributed by atoms with Crippen LogP contribution < -0.4 is 5.73 Å². The van der Waals surface area contributed by atoms with E-state index in [1.807, 2.05) is 4.90 Å². The maximum Gasteiger partial charge on any atom is 0.225 e. The van der Waals surface area contributed by atoms with Crippen LogP contribution in [0, 0.1) is 5.92 Å². The van der Waals surface area contributed by atoms with E-state index in [1.54, 1.807) is 0 Å². The van der Waals surface area contributed by atoms with Crippen molar-refractivity contribution >= 4 is 5.91 Å². The third-order valence-electron chi connectivity index (χ3n) is 3.47. The van der Waals surface area contributed by atoms with Crippen LogP contribution >= 0.6 is 0 Å². The van der Waals surface area contributed by atoms with Gasteiger partial charge in [-0.1, -0.05) is 12.8 Å². The van der Waals surface area contributed by atoms with Gasteiger partial charge in [-0.3, -0.25) is 4.79 Å². The third-order valence-corrected chi connectivity index (χ3v) is 3.47. The first-order valence-corrected chi connectivity index (χ1v) is 5.82. The molecular weight excluding hydrogens is 176 g/mol. The molecule has 1 saturated heterocycles. The molecule has 0 aromatic carbocycles. The summed E-state index contributed by atoms with van der Waals surface area (Å²) in [5, 5.41) is 0. The lowest BCUT2D eigenvalue weighted by Gasteiger charge is -2.32. The molecule has 2 rings (SSSR count). The molecule has 80 valence electrons. The fourth-order valence-corrected chi connectivity index (χ4v) is 2.64. The van der Waals surface area contributed by atoms with E-state index in [-0.39, 0.29) is 6.04 Å². The van der Waals surface area contributed by atoms with Crippen molar-refractivity contribution in [2.24, 2.45) is 11.7 Å². The van der Waals surface area contributed by atoms with E-state index in [9.17, 15) is 4.79 Å². The average molecular weight is 196 g/mol. The van der Waals surface area contributed by atoms with Gasteiger partial charge < -0.3 is 10.6 Å². The topological polar surface area (TPSA) is 46.3 Å². The highest BCUT2D eigenvalue weighted by atomic mass is 16.2. The van der Waals surface area contributed by atoms with Gasteiger partial charge in [-0.15, -0.1) is 0 Å². The molecule has 2 aliphatic rings. The highest BCUT2D eigenvalue weighted by molar-refractivity contribution is 5.79. The summed E-state index contributed by atoms with van der Waals surface area (Å²) in [6, 6.07) is 0.217. The van der Waals surface area contributed by atoms with Gasteiger partial charge in [-0.25, -0.2) is 0 Å². The van der Waals surface area contributed by atoms with E-state index in [2.05, 4.69) is 0 Å². The summed E-state index contributed by atoms with van der Waals surface area (Å²) < 4.78 is 0. The van der Waals surface area contributed by atoms with E-state index in [0.29, 0.717) is 11.8 Å². The van der Waals surface area contributed by atoms with Crippen molar-refractivity contribution in [3.8, 4) is 0 Å². The second-order valence-corrected chi connectivity index (χ2v) is 4.67. The first-order chi connectivity index (χ1) is 6.77. The van der Waals surface area contributed by atoms with Gasteiger partial charge in [0.2, 0.25) is 5.91 Å². The SMILES string of the molecule is NC1CCCN(C(=O)C2CCCC2)C1. The van der Waals surface area contributed by atoms with Crippen LogP contribution in [0.2, 0.25) is 0 Å². The number of carbonyl (C=O) groups is 1. The fourth-order valence-electron chi connectivity index (χ4n) is 2.64. The average Bonchev–Trinajstić information content (AvgIpc) is 2.69. The van der Waals surface area contributed by atoms with E-state index < -0.39 is 0 Å². The van der Waals surface area contributed by atoms with Crippen LogP contribution in [0.4, 0.5) is 0 Å². The molecule has 1 aliphatic heterocycles. The molecule has 0 bridgehead atoms. The van der Waals surface area contributed by atoms with Gasteiger partial charge in [-0.2, -0.15) is 0 Å². The lowest BCUT2D eigenvalue weighted by Crippen LogP contribution is -2.47. The Morgan fingerprint density at radius 1 is 1.14 bits per heavy atom. The van der Waals surface area contributed by atoms with Crippen molar-refractivity contribution in [2.45, 2.75) is 44.6 Å². The van der Waals surface area contributed by atoms with Gasteiger partial charge in [0.05, 0.1) is 0 Å². The number of amides is 1. The van der Waals surface area contributed by atoms with E-state index in [1.165, 1.54) is 12.8 Å². The molecular formula is C11H20N2O. The summed E-state index contributed by atoms with van der Waals surface area (Å²) >= 11 is 0. The molecule has 0 radical (unpaired) electrons. The van der Waals surface area contributed by atoms with Gasteiger partial charge in [0, 0.05) is 25.0 Å². The van der Waals surface area contributed by atoms with Gasteiger partial charge in [0.15, 0.2) is 0 Å². The largest absolute Gasteiger partial charge is 0.341 e. The predicted octanol–water partition coefficient (Wildman–Crippen LogP) is 1.13. The number of hydrogen-bond acceptors (Lipinski definition) is 2. The molecule has 3 heteroatoms. The van der Waals surface area contributed by atoms with Crippen LogP contribution in [0.1, 0.15) is 38.5 Å². The predicted molar refractivity (Wildman–Crippen MR) is 55.7 cm³/mol. The van der Waals surface area contributed by atoms with Crippen LogP contribution in [0.15, 0.2) is 0 Å². The number of hydrogen-bond donors (Lipinski definition) is 1. The Morgan fingerprint density at radius 2 is 1.86 bits per heavy atom. The third kappa shape index (κ3) is 2.08. The molecule has 2 N–H and O–H groups in total. The van der Waals surface area contributed by atoms with Crippen LogP contribution in [0.5, 0.6) is 0 Å². The zero-order valence-electron chi connectivity index (χ0n) is 8.74. The molecule has 1 amide bonds. The molecule has 2 fully saturated rings. The molecule has 0 spiro atoms. The first-order valence-electron chi connectivity index (χ1n) is 5.82. The summed E-state index contributed by atoms with van der Waals surface area (Å²) in [4.78, 5) is 14.0. The standard InChI is InChI=1S/C11H20N2O/c12-10-6-3-7-13(8-10)11(14)9-4-1-2-5-9/h9-10H,1-8,12H2. The Labute approximate surface area is 85.6 Å². The Morgan fingerprint density at radius 3 is 2.50 bits per heavy atom. The minimum atomic E-state index is 0.217. The highest BCUT2D eigenvalue weighted by Gasteiger charge is 2.29. The minimum Gasteiger partial charge on any atom is -0.341 e. The second kappa shape index (κ2) is 4.30. The molecule has 1 saturated carbocycles. The van der Waals surface area contributed by atoms with Crippen molar-refractivity contribution in [1.82, 2.24) is 4.90 Å². The quantitative estimate of drug-likeness (QED) is 0.683. The van der Waals surface area contributed by atoms with Crippen molar-refractivity contribution in [3.05, 3.63) is 0 Å². The lowest BCUT2D eigenvalue weighted by atomic mass is 10.0. The Balaban J connectivity index is 1.89. The van der Waals surface area contributed by atoms with Gasteiger partial charge in [-0.05, 0) is 25.7 Å². The lowest BCUT2D eigenvalue weighted by molar-refractivity contribution is -0.136. The molecule has 14 heavy (non-hydrogen) atoms. The van der Waals surface area contributed by atoms with Gasteiger partial charge in [0.25, 0.3) is 0 Å². The molecule has 1 heterocycles. The second-order valence-electron chi connectivity index (χ2n) is 4.67. The molecule has 1 aliphatic carbocycles. The van der Waals surface area contributed by atoms with E-state index in [4.69, 9.17) is 5.73 Å².